The van der Waals surface area contributed by atoms with E-state index in [4.69, 9.17) is 0 Å². The molecule has 2 unspecified atom stereocenters. The first-order valence-corrected chi connectivity index (χ1v) is 10.2. The van der Waals surface area contributed by atoms with Gasteiger partial charge in [0.05, 0.1) is 12.0 Å². The summed E-state index contributed by atoms with van der Waals surface area (Å²) in [7, 11) is 4.03. The van der Waals surface area contributed by atoms with Crippen molar-refractivity contribution in [1.29, 1.82) is 0 Å². The third-order valence-electron chi connectivity index (χ3n) is 5.06. The molecule has 1 N–H and O–H groups in total. The van der Waals surface area contributed by atoms with Crippen molar-refractivity contribution in [3.05, 3.63) is 58.3 Å². The summed E-state index contributed by atoms with van der Waals surface area (Å²) < 4.78 is 0. The van der Waals surface area contributed by atoms with E-state index < -0.39 is 0 Å². The van der Waals surface area contributed by atoms with E-state index >= 15 is 0 Å². The maximum absolute atomic E-state index is 12.6. The van der Waals surface area contributed by atoms with Gasteiger partial charge in [-0.2, -0.15) is 0 Å². The Morgan fingerprint density at radius 3 is 2.70 bits per heavy atom. The summed E-state index contributed by atoms with van der Waals surface area (Å²) in [6.45, 7) is 1.74. The molecule has 1 aliphatic heterocycles. The molecule has 27 heavy (non-hydrogen) atoms. The van der Waals surface area contributed by atoms with E-state index in [-0.39, 0.29) is 23.8 Å². The number of carbonyl (C=O) groups is 2. The fraction of sp³-hybridized carbons (Fsp3) is 0.429. The van der Waals surface area contributed by atoms with E-state index in [2.05, 4.69) is 28.4 Å². The van der Waals surface area contributed by atoms with Crippen molar-refractivity contribution in [3.63, 3.8) is 0 Å². The lowest BCUT2D eigenvalue weighted by Crippen LogP contribution is -2.38. The van der Waals surface area contributed by atoms with Crippen molar-refractivity contribution in [2.24, 2.45) is 5.92 Å². The molecule has 2 amide bonds. The molecule has 0 radical (unpaired) electrons. The zero-order chi connectivity index (χ0) is 19.2. The summed E-state index contributed by atoms with van der Waals surface area (Å²) >= 11 is 1.69. The first-order valence-electron chi connectivity index (χ1n) is 9.34. The smallest absolute Gasteiger partial charge is 0.225 e. The lowest BCUT2D eigenvalue weighted by Gasteiger charge is -2.24. The molecule has 6 heteroatoms. The van der Waals surface area contributed by atoms with E-state index in [9.17, 15) is 9.59 Å². The number of hydrogen-bond donors (Lipinski definition) is 1. The maximum atomic E-state index is 12.6. The standard InChI is InChI=1S/C21H27N3O2S/c1-23(2)18(19-9-6-12-27-19)14-22-21(26)17-13-20(25)24(15-17)11-10-16-7-4-3-5-8-16/h3-9,12,17-18H,10-11,13-15H2,1-2H3,(H,22,26). The minimum Gasteiger partial charge on any atom is -0.354 e. The highest BCUT2D eigenvalue weighted by Crippen LogP contribution is 2.23. The van der Waals surface area contributed by atoms with Gasteiger partial charge < -0.3 is 15.1 Å². The van der Waals surface area contributed by atoms with E-state index in [0.29, 0.717) is 26.1 Å². The highest BCUT2D eigenvalue weighted by molar-refractivity contribution is 7.10. The second-order valence-corrected chi connectivity index (χ2v) is 8.20. The van der Waals surface area contributed by atoms with Crippen molar-refractivity contribution in [2.45, 2.75) is 18.9 Å². The second-order valence-electron chi connectivity index (χ2n) is 7.22. The van der Waals surface area contributed by atoms with Crippen LogP contribution < -0.4 is 5.32 Å². The van der Waals surface area contributed by atoms with Crippen molar-refractivity contribution < 1.29 is 9.59 Å². The fourth-order valence-electron chi connectivity index (χ4n) is 3.43. The molecule has 2 atom stereocenters. The van der Waals surface area contributed by atoms with Crippen LogP contribution in [0.1, 0.15) is 22.9 Å². The lowest BCUT2D eigenvalue weighted by atomic mass is 10.1. The molecule has 0 spiro atoms. The quantitative estimate of drug-likeness (QED) is 0.760. The van der Waals surface area contributed by atoms with Crippen molar-refractivity contribution in [1.82, 2.24) is 15.1 Å². The molecule has 1 saturated heterocycles. The third-order valence-corrected chi connectivity index (χ3v) is 6.04. The Labute approximate surface area is 165 Å². The predicted octanol–water partition coefficient (Wildman–Crippen LogP) is 2.56. The van der Waals surface area contributed by atoms with Gasteiger partial charge in [0.15, 0.2) is 0 Å². The molecule has 3 rings (SSSR count). The van der Waals surface area contributed by atoms with E-state index in [1.165, 1.54) is 10.4 Å². The lowest BCUT2D eigenvalue weighted by molar-refractivity contribution is -0.129. The molecule has 2 aromatic rings. The summed E-state index contributed by atoms with van der Waals surface area (Å²) in [5.41, 5.74) is 1.21. The molecule has 0 aliphatic carbocycles. The number of nitrogens with zero attached hydrogens (tertiary/aromatic N) is 2. The number of thiophene rings is 1. The number of benzene rings is 1. The van der Waals surface area contributed by atoms with Crippen LogP contribution in [0.15, 0.2) is 47.8 Å². The van der Waals surface area contributed by atoms with Gasteiger partial charge in [-0.25, -0.2) is 0 Å². The zero-order valence-electron chi connectivity index (χ0n) is 15.9. The number of hydrogen-bond acceptors (Lipinski definition) is 4. The van der Waals surface area contributed by atoms with Crippen LogP contribution in [-0.4, -0.2) is 55.3 Å². The molecule has 1 fully saturated rings. The summed E-state index contributed by atoms with van der Waals surface area (Å²) in [5.74, 6) is -0.193. The molecule has 1 aliphatic rings. The molecule has 2 heterocycles. The Balaban J connectivity index is 1.49. The Bertz CT molecular complexity index is 746. The van der Waals surface area contributed by atoms with Crippen LogP contribution in [0.5, 0.6) is 0 Å². The molecule has 1 aromatic heterocycles. The van der Waals surface area contributed by atoms with E-state index in [1.807, 2.05) is 48.6 Å². The minimum absolute atomic E-state index is 0.0195. The predicted molar refractivity (Wildman–Crippen MR) is 109 cm³/mol. The van der Waals surface area contributed by atoms with Gasteiger partial charge in [0.1, 0.15) is 0 Å². The Kier molecular flexibility index (Phi) is 6.63. The molecule has 5 nitrogen and oxygen atoms in total. The number of carbonyl (C=O) groups excluding carboxylic acids is 2. The molecule has 1 aromatic carbocycles. The number of amides is 2. The van der Waals surface area contributed by atoms with Gasteiger partial charge >= 0.3 is 0 Å². The average Bonchev–Trinajstić information content (AvgIpc) is 3.31. The van der Waals surface area contributed by atoms with Crippen LogP contribution in [0.2, 0.25) is 0 Å². The first-order chi connectivity index (χ1) is 13.0. The maximum Gasteiger partial charge on any atom is 0.225 e. The third kappa shape index (κ3) is 5.17. The molecule has 144 valence electrons. The Morgan fingerprint density at radius 1 is 1.26 bits per heavy atom. The van der Waals surface area contributed by atoms with Gasteiger partial charge in [0.2, 0.25) is 11.8 Å². The van der Waals surface area contributed by atoms with Crippen molar-refractivity contribution in [2.75, 3.05) is 33.7 Å². The Hall–Kier alpha value is -2.18. The number of rotatable bonds is 8. The fourth-order valence-corrected chi connectivity index (χ4v) is 4.36. The summed E-state index contributed by atoms with van der Waals surface area (Å²) in [4.78, 5) is 30.0. The van der Waals surface area contributed by atoms with Crippen LogP contribution >= 0.6 is 11.3 Å². The van der Waals surface area contributed by atoms with Crippen LogP contribution in [-0.2, 0) is 16.0 Å². The first kappa shape index (κ1) is 19.6. The average molecular weight is 386 g/mol. The second kappa shape index (κ2) is 9.15. The number of likely N-dealkylation sites (tertiary alicyclic amines) is 1. The monoisotopic (exact) mass is 385 g/mol. The summed E-state index contributed by atoms with van der Waals surface area (Å²) in [6.07, 6.45) is 1.13. The van der Waals surface area contributed by atoms with Crippen molar-refractivity contribution in [3.8, 4) is 0 Å². The number of likely N-dealkylation sites (N-methyl/N-ethyl adjacent to an activating group) is 1. The molecule has 0 bridgehead atoms. The summed E-state index contributed by atoms with van der Waals surface area (Å²) in [5, 5.41) is 5.11. The van der Waals surface area contributed by atoms with Gasteiger partial charge in [-0.05, 0) is 37.5 Å². The van der Waals surface area contributed by atoms with Gasteiger partial charge in [-0.15, -0.1) is 11.3 Å². The van der Waals surface area contributed by atoms with Gasteiger partial charge in [-0.1, -0.05) is 36.4 Å². The SMILES string of the molecule is CN(C)C(CNC(=O)C1CC(=O)N(CCc2ccccc2)C1)c1cccs1. The van der Waals surface area contributed by atoms with Crippen LogP contribution in [0.25, 0.3) is 0 Å². The van der Waals surface area contributed by atoms with Crippen LogP contribution in [0, 0.1) is 5.92 Å². The number of nitrogens with one attached hydrogen (secondary N) is 1. The van der Waals surface area contributed by atoms with Gasteiger partial charge in [0.25, 0.3) is 0 Å². The summed E-state index contributed by atoms with van der Waals surface area (Å²) in [6, 6.07) is 14.4. The van der Waals surface area contributed by atoms with Crippen LogP contribution in [0.4, 0.5) is 0 Å². The zero-order valence-corrected chi connectivity index (χ0v) is 16.7. The van der Waals surface area contributed by atoms with Crippen molar-refractivity contribution >= 4 is 23.2 Å². The van der Waals surface area contributed by atoms with Gasteiger partial charge in [0, 0.05) is 30.9 Å². The molecular formula is C21H27N3O2S. The molecule has 0 saturated carbocycles. The topological polar surface area (TPSA) is 52.7 Å². The normalized spacial score (nSPS) is 18.1. The van der Waals surface area contributed by atoms with Crippen LogP contribution in [0.3, 0.4) is 0 Å². The highest BCUT2D eigenvalue weighted by atomic mass is 32.1. The minimum atomic E-state index is -0.251. The van der Waals surface area contributed by atoms with E-state index in [0.717, 1.165) is 6.42 Å². The molecular weight excluding hydrogens is 358 g/mol. The largest absolute Gasteiger partial charge is 0.354 e. The highest BCUT2D eigenvalue weighted by Gasteiger charge is 2.34. The van der Waals surface area contributed by atoms with E-state index in [1.54, 1.807) is 11.3 Å². The van der Waals surface area contributed by atoms with Gasteiger partial charge in [-0.3, -0.25) is 9.59 Å². The Morgan fingerprint density at radius 2 is 2.04 bits per heavy atom.